The van der Waals surface area contributed by atoms with Gasteiger partial charge < -0.3 is 10.4 Å². The summed E-state index contributed by atoms with van der Waals surface area (Å²) in [5.41, 5.74) is 1.06. The summed E-state index contributed by atoms with van der Waals surface area (Å²) in [6.07, 6.45) is 0.425. The summed E-state index contributed by atoms with van der Waals surface area (Å²) >= 11 is 3.40. The van der Waals surface area contributed by atoms with Gasteiger partial charge in [0, 0.05) is 10.9 Å². The standard InChI is InChI=1S/C13H18BrNO2/c1-9(16)6-7-13(17)15-10(2)11-4-3-5-12(14)8-11/h3-5,8-10,16H,6-7H2,1-2H3,(H,15,17). The Balaban J connectivity index is 2.48. The molecule has 0 aliphatic carbocycles. The van der Waals surface area contributed by atoms with Crippen LogP contribution < -0.4 is 5.32 Å². The molecule has 94 valence electrons. The molecule has 17 heavy (non-hydrogen) atoms. The van der Waals surface area contributed by atoms with Gasteiger partial charge in [-0.3, -0.25) is 4.79 Å². The first-order valence-electron chi connectivity index (χ1n) is 5.72. The van der Waals surface area contributed by atoms with Crippen molar-refractivity contribution in [2.24, 2.45) is 0 Å². The zero-order valence-corrected chi connectivity index (χ0v) is 11.7. The van der Waals surface area contributed by atoms with Crippen LogP contribution in [-0.4, -0.2) is 17.1 Å². The predicted octanol–water partition coefficient (Wildman–Crippen LogP) is 2.79. The Morgan fingerprint density at radius 2 is 2.18 bits per heavy atom. The van der Waals surface area contributed by atoms with Gasteiger partial charge in [0.15, 0.2) is 0 Å². The molecule has 2 unspecified atom stereocenters. The third-order valence-corrected chi connectivity index (χ3v) is 3.01. The molecule has 4 heteroatoms. The predicted molar refractivity (Wildman–Crippen MR) is 71.6 cm³/mol. The molecule has 0 spiro atoms. The lowest BCUT2D eigenvalue weighted by Gasteiger charge is -2.15. The first-order chi connectivity index (χ1) is 7.99. The number of aliphatic hydroxyl groups is 1. The highest BCUT2D eigenvalue weighted by Crippen LogP contribution is 2.17. The fraction of sp³-hybridized carbons (Fsp3) is 0.462. The van der Waals surface area contributed by atoms with Gasteiger partial charge in [0.2, 0.25) is 5.91 Å². The maximum absolute atomic E-state index is 11.6. The molecule has 0 aliphatic heterocycles. The highest BCUT2D eigenvalue weighted by atomic mass is 79.9. The number of nitrogens with one attached hydrogen (secondary N) is 1. The number of halogens is 1. The Hall–Kier alpha value is -0.870. The van der Waals surface area contributed by atoms with Gasteiger partial charge in [0.25, 0.3) is 0 Å². The molecule has 1 aromatic rings. The van der Waals surface area contributed by atoms with Crippen molar-refractivity contribution in [3.63, 3.8) is 0 Å². The number of hydrogen-bond donors (Lipinski definition) is 2. The number of benzene rings is 1. The number of aliphatic hydroxyl groups excluding tert-OH is 1. The molecular formula is C13H18BrNO2. The number of hydrogen-bond acceptors (Lipinski definition) is 2. The molecule has 0 aromatic heterocycles. The van der Waals surface area contributed by atoms with Gasteiger partial charge in [-0.15, -0.1) is 0 Å². The molecule has 0 fully saturated rings. The van der Waals surface area contributed by atoms with Crippen molar-refractivity contribution >= 4 is 21.8 Å². The first-order valence-corrected chi connectivity index (χ1v) is 6.51. The monoisotopic (exact) mass is 299 g/mol. The third-order valence-electron chi connectivity index (χ3n) is 2.52. The number of rotatable bonds is 5. The van der Waals surface area contributed by atoms with Crippen LogP contribution in [0.4, 0.5) is 0 Å². The Kier molecular flexibility index (Phi) is 5.65. The summed E-state index contributed by atoms with van der Waals surface area (Å²) in [6.45, 7) is 3.63. The van der Waals surface area contributed by atoms with E-state index in [1.54, 1.807) is 6.92 Å². The minimum atomic E-state index is -0.429. The van der Waals surface area contributed by atoms with Gasteiger partial charge in [-0.1, -0.05) is 28.1 Å². The van der Waals surface area contributed by atoms with E-state index in [0.29, 0.717) is 12.8 Å². The van der Waals surface area contributed by atoms with Crippen LogP contribution in [-0.2, 0) is 4.79 Å². The number of carbonyl (C=O) groups excluding carboxylic acids is 1. The van der Waals surface area contributed by atoms with Gasteiger partial charge in [-0.2, -0.15) is 0 Å². The van der Waals surface area contributed by atoms with Gasteiger partial charge in [0.05, 0.1) is 12.1 Å². The Morgan fingerprint density at radius 3 is 2.76 bits per heavy atom. The average molecular weight is 300 g/mol. The van der Waals surface area contributed by atoms with Crippen LogP contribution in [0.15, 0.2) is 28.7 Å². The molecule has 1 aromatic carbocycles. The number of carbonyl (C=O) groups is 1. The van der Waals surface area contributed by atoms with Crippen LogP contribution in [0.2, 0.25) is 0 Å². The lowest BCUT2D eigenvalue weighted by molar-refractivity contribution is -0.122. The third kappa shape index (κ3) is 5.33. The van der Waals surface area contributed by atoms with E-state index in [1.165, 1.54) is 0 Å². The van der Waals surface area contributed by atoms with Crippen LogP contribution in [0.1, 0.15) is 38.3 Å². The topological polar surface area (TPSA) is 49.3 Å². The fourth-order valence-electron chi connectivity index (χ4n) is 1.51. The molecule has 0 saturated carbocycles. The Morgan fingerprint density at radius 1 is 1.47 bits per heavy atom. The number of amides is 1. The van der Waals surface area contributed by atoms with Gasteiger partial charge in [-0.05, 0) is 38.0 Å². The highest BCUT2D eigenvalue weighted by Gasteiger charge is 2.10. The fourth-order valence-corrected chi connectivity index (χ4v) is 1.93. The molecule has 0 saturated heterocycles. The lowest BCUT2D eigenvalue weighted by atomic mass is 10.1. The first kappa shape index (κ1) is 14.2. The molecule has 0 bridgehead atoms. The van der Waals surface area contributed by atoms with Crippen LogP contribution in [0.5, 0.6) is 0 Å². The second kappa shape index (κ2) is 6.77. The summed E-state index contributed by atoms with van der Waals surface area (Å²) in [5.74, 6) is -0.0293. The minimum absolute atomic E-state index is 0.0194. The second-order valence-corrected chi connectivity index (χ2v) is 5.15. The van der Waals surface area contributed by atoms with Crippen molar-refractivity contribution < 1.29 is 9.90 Å². The summed E-state index contributed by atoms with van der Waals surface area (Å²) < 4.78 is 1.00. The Bertz CT molecular complexity index is 379. The van der Waals surface area contributed by atoms with Crippen molar-refractivity contribution in [1.29, 1.82) is 0 Å². The second-order valence-electron chi connectivity index (χ2n) is 4.23. The van der Waals surface area contributed by atoms with E-state index in [1.807, 2.05) is 31.2 Å². The normalized spacial score (nSPS) is 14.1. The van der Waals surface area contributed by atoms with Crippen molar-refractivity contribution in [1.82, 2.24) is 5.32 Å². The molecule has 2 N–H and O–H groups in total. The van der Waals surface area contributed by atoms with Crippen LogP contribution in [0.3, 0.4) is 0 Å². The van der Waals surface area contributed by atoms with E-state index in [9.17, 15) is 4.79 Å². The van der Waals surface area contributed by atoms with Crippen molar-refractivity contribution in [3.05, 3.63) is 34.3 Å². The molecule has 0 heterocycles. The highest BCUT2D eigenvalue weighted by molar-refractivity contribution is 9.10. The van der Waals surface area contributed by atoms with Gasteiger partial charge in [0.1, 0.15) is 0 Å². The Labute approximate surface area is 110 Å². The molecule has 1 amide bonds. The SMILES string of the molecule is CC(O)CCC(=O)NC(C)c1cccc(Br)c1. The summed E-state index contributed by atoms with van der Waals surface area (Å²) in [7, 11) is 0. The van der Waals surface area contributed by atoms with Crippen molar-refractivity contribution in [2.45, 2.75) is 38.8 Å². The van der Waals surface area contributed by atoms with Gasteiger partial charge in [-0.25, -0.2) is 0 Å². The summed E-state index contributed by atoms with van der Waals surface area (Å²) in [5, 5.41) is 12.0. The molecule has 3 nitrogen and oxygen atoms in total. The lowest BCUT2D eigenvalue weighted by Crippen LogP contribution is -2.27. The average Bonchev–Trinajstić information content (AvgIpc) is 2.26. The van der Waals surface area contributed by atoms with Gasteiger partial charge >= 0.3 is 0 Å². The summed E-state index contributed by atoms with van der Waals surface area (Å²) in [4.78, 5) is 11.6. The molecule has 1 rings (SSSR count). The van der Waals surface area contributed by atoms with Crippen molar-refractivity contribution in [3.8, 4) is 0 Å². The minimum Gasteiger partial charge on any atom is -0.393 e. The van der Waals surface area contributed by atoms with E-state index in [2.05, 4.69) is 21.2 Å². The molecular weight excluding hydrogens is 282 g/mol. The van der Waals surface area contributed by atoms with E-state index in [0.717, 1.165) is 10.0 Å². The van der Waals surface area contributed by atoms with E-state index >= 15 is 0 Å². The van der Waals surface area contributed by atoms with E-state index in [-0.39, 0.29) is 11.9 Å². The van der Waals surface area contributed by atoms with Crippen LogP contribution in [0, 0.1) is 0 Å². The largest absolute Gasteiger partial charge is 0.393 e. The quantitative estimate of drug-likeness (QED) is 0.878. The molecule has 0 aliphatic rings. The zero-order valence-electron chi connectivity index (χ0n) is 10.1. The zero-order chi connectivity index (χ0) is 12.8. The van der Waals surface area contributed by atoms with E-state index in [4.69, 9.17) is 5.11 Å². The smallest absolute Gasteiger partial charge is 0.220 e. The van der Waals surface area contributed by atoms with E-state index < -0.39 is 6.10 Å². The summed E-state index contributed by atoms with van der Waals surface area (Å²) in [6, 6.07) is 7.84. The van der Waals surface area contributed by atoms with Crippen LogP contribution >= 0.6 is 15.9 Å². The maximum Gasteiger partial charge on any atom is 0.220 e. The van der Waals surface area contributed by atoms with Crippen LogP contribution in [0.25, 0.3) is 0 Å². The maximum atomic E-state index is 11.6. The molecule has 0 radical (unpaired) electrons. The van der Waals surface area contributed by atoms with Crippen molar-refractivity contribution in [2.75, 3.05) is 0 Å². The molecule has 2 atom stereocenters.